The Balaban J connectivity index is 1.95. The van der Waals surface area contributed by atoms with Crippen LogP contribution in [0.25, 0.3) is 10.2 Å². The number of aromatic nitrogens is 4. The highest BCUT2D eigenvalue weighted by molar-refractivity contribution is 7.18. The molecule has 3 heterocycles. The van der Waals surface area contributed by atoms with Gasteiger partial charge in [0.1, 0.15) is 4.83 Å². The van der Waals surface area contributed by atoms with E-state index in [9.17, 15) is 14.4 Å². The minimum absolute atomic E-state index is 0.00300. The van der Waals surface area contributed by atoms with Gasteiger partial charge in [0.15, 0.2) is 0 Å². The number of H-pyrrole nitrogens is 1. The fourth-order valence-corrected chi connectivity index (χ4v) is 4.54. The molecule has 0 radical (unpaired) electrons. The first kappa shape index (κ1) is 17.0. The molecule has 1 aliphatic rings. The molecule has 138 valence electrons. The number of nitrogens with zero attached hydrogens (tertiary/aromatic N) is 3. The molecule has 3 aromatic heterocycles. The first-order valence-corrected chi connectivity index (χ1v) is 9.34. The van der Waals surface area contributed by atoms with Gasteiger partial charge in [0.25, 0.3) is 5.56 Å². The lowest BCUT2D eigenvalue weighted by Gasteiger charge is -2.11. The van der Waals surface area contributed by atoms with Gasteiger partial charge in [-0.2, -0.15) is 0 Å². The van der Waals surface area contributed by atoms with Crippen LogP contribution in [0.4, 0.5) is 0 Å². The van der Waals surface area contributed by atoms with Crippen molar-refractivity contribution in [1.82, 2.24) is 18.7 Å². The summed E-state index contributed by atoms with van der Waals surface area (Å²) in [6.45, 7) is 3.04. The fraction of sp³-hybridized carbons (Fsp3) is 0.471. The molecule has 1 aliphatic carbocycles. The molecule has 26 heavy (non-hydrogen) atoms. The summed E-state index contributed by atoms with van der Waals surface area (Å²) >= 11 is 1.40. The lowest BCUT2D eigenvalue weighted by Crippen LogP contribution is -2.39. The minimum atomic E-state index is -0.270. The molecule has 0 aliphatic heterocycles. The third-order valence-electron chi connectivity index (χ3n) is 4.81. The van der Waals surface area contributed by atoms with Crippen LogP contribution in [0.15, 0.2) is 26.8 Å². The van der Waals surface area contributed by atoms with Crippen molar-refractivity contribution < 1.29 is 4.74 Å². The molecule has 0 saturated heterocycles. The molecular weight excluding hydrogens is 356 g/mol. The van der Waals surface area contributed by atoms with Crippen LogP contribution in [0.3, 0.4) is 0 Å². The van der Waals surface area contributed by atoms with E-state index in [0.717, 1.165) is 23.3 Å². The second kappa shape index (κ2) is 6.40. The van der Waals surface area contributed by atoms with Crippen LogP contribution in [0.1, 0.15) is 29.3 Å². The zero-order valence-electron chi connectivity index (χ0n) is 14.7. The fourth-order valence-electron chi connectivity index (χ4n) is 3.22. The van der Waals surface area contributed by atoms with E-state index >= 15 is 0 Å². The number of thiophene rings is 1. The number of ether oxygens (including phenoxy) is 1. The molecule has 1 saturated carbocycles. The minimum Gasteiger partial charge on any atom is -0.383 e. The van der Waals surface area contributed by atoms with Crippen molar-refractivity contribution in [2.24, 2.45) is 0 Å². The lowest BCUT2D eigenvalue weighted by atomic mass is 10.2. The third-order valence-corrected chi connectivity index (χ3v) is 6.11. The number of imidazole rings is 1. The smallest absolute Gasteiger partial charge is 0.332 e. The number of fused-ring (bicyclic) bond motifs is 1. The number of methoxy groups -OCH3 is 1. The quantitative estimate of drug-likeness (QED) is 0.696. The monoisotopic (exact) mass is 376 g/mol. The van der Waals surface area contributed by atoms with Crippen LogP contribution in [-0.4, -0.2) is 32.4 Å². The van der Waals surface area contributed by atoms with E-state index in [4.69, 9.17) is 4.74 Å². The molecule has 3 aromatic rings. The summed E-state index contributed by atoms with van der Waals surface area (Å²) in [7, 11) is 1.59. The Morgan fingerprint density at radius 2 is 2.08 bits per heavy atom. The number of hydrogen-bond acceptors (Lipinski definition) is 5. The summed E-state index contributed by atoms with van der Waals surface area (Å²) in [5.41, 5.74) is 0.147. The van der Waals surface area contributed by atoms with Gasteiger partial charge in [-0.25, -0.2) is 9.59 Å². The molecular formula is C17H20N4O4S. The predicted octanol–water partition coefficient (Wildman–Crippen LogP) is 1.05. The van der Waals surface area contributed by atoms with Crippen LogP contribution in [0.2, 0.25) is 0 Å². The van der Waals surface area contributed by atoms with Gasteiger partial charge >= 0.3 is 11.4 Å². The molecule has 4 rings (SSSR count). The van der Waals surface area contributed by atoms with E-state index in [-0.39, 0.29) is 23.0 Å². The van der Waals surface area contributed by atoms with Crippen molar-refractivity contribution in [1.29, 1.82) is 0 Å². The van der Waals surface area contributed by atoms with Crippen LogP contribution < -0.4 is 16.9 Å². The predicted molar refractivity (Wildman–Crippen MR) is 99.4 cm³/mol. The maximum Gasteiger partial charge on any atom is 0.332 e. The summed E-state index contributed by atoms with van der Waals surface area (Å²) in [5.74, 6) is 0. The van der Waals surface area contributed by atoms with Gasteiger partial charge in [-0.15, -0.1) is 11.3 Å². The molecule has 9 heteroatoms. The standard InChI is InChI=1S/C17H20N4O4S/c1-10-12(9-19-6-5-18-16(19)23)26-15-13(10)14(22)21(11-3-4-11)17(24)20(15)7-8-25-2/h5-6,11H,3-4,7-9H2,1-2H3,(H,18,23). The van der Waals surface area contributed by atoms with Crippen LogP contribution in [-0.2, 0) is 17.8 Å². The second-order valence-electron chi connectivity index (χ2n) is 6.56. The zero-order chi connectivity index (χ0) is 18.4. The summed E-state index contributed by atoms with van der Waals surface area (Å²) in [4.78, 5) is 41.9. The van der Waals surface area contributed by atoms with Gasteiger partial charge in [0.05, 0.1) is 25.1 Å². The topological polar surface area (TPSA) is 91.0 Å². The Bertz CT molecular complexity index is 1140. The molecule has 1 N–H and O–H groups in total. The second-order valence-corrected chi connectivity index (χ2v) is 7.64. The van der Waals surface area contributed by atoms with E-state index in [0.29, 0.717) is 29.9 Å². The zero-order valence-corrected chi connectivity index (χ0v) is 15.5. The van der Waals surface area contributed by atoms with E-state index in [1.165, 1.54) is 15.9 Å². The molecule has 0 unspecified atom stereocenters. The van der Waals surface area contributed by atoms with Gasteiger partial charge in [-0.05, 0) is 25.3 Å². The summed E-state index contributed by atoms with van der Waals surface area (Å²) in [5, 5.41) is 0.580. The highest BCUT2D eigenvalue weighted by Crippen LogP contribution is 2.34. The highest BCUT2D eigenvalue weighted by atomic mass is 32.1. The Labute approximate surface area is 152 Å². The van der Waals surface area contributed by atoms with Crippen molar-refractivity contribution >= 4 is 21.6 Å². The maximum absolute atomic E-state index is 13.0. The van der Waals surface area contributed by atoms with Crippen molar-refractivity contribution in [3.63, 3.8) is 0 Å². The number of aryl methyl sites for hydroxylation is 1. The average molecular weight is 376 g/mol. The molecule has 0 aromatic carbocycles. The largest absolute Gasteiger partial charge is 0.383 e. The SMILES string of the molecule is COCCn1c(=O)n(C2CC2)c(=O)c2c(C)c(Cn3cc[nH]c3=O)sc21. The van der Waals surface area contributed by atoms with Gasteiger partial charge in [0.2, 0.25) is 0 Å². The molecule has 0 spiro atoms. The number of rotatable bonds is 6. The number of nitrogens with one attached hydrogen (secondary N) is 1. The van der Waals surface area contributed by atoms with E-state index in [1.807, 2.05) is 6.92 Å². The Morgan fingerprint density at radius 3 is 2.69 bits per heavy atom. The van der Waals surface area contributed by atoms with E-state index in [1.54, 1.807) is 28.6 Å². The van der Waals surface area contributed by atoms with Gasteiger partial charge < -0.3 is 9.72 Å². The first-order chi connectivity index (χ1) is 12.5. The van der Waals surface area contributed by atoms with Crippen molar-refractivity contribution in [3.8, 4) is 0 Å². The summed E-state index contributed by atoms with van der Waals surface area (Å²) in [6, 6.07) is 0.00300. The first-order valence-electron chi connectivity index (χ1n) is 8.53. The summed E-state index contributed by atoms with van der Waals surface area (Å²) < 4.78 is 9.72. The lowest BCUT2D eigenvalue weighted by molar-refractivity contribution is 0.186. The van der Waals surface area contributed by atoms with Crippen LogP contribution >= 0.6 is 11.3 Å². The molecule has 8 nitrogen and oxygen atoms in total. The number of hydrogen-bond donors (Lipinski definition) is 1. The average Bonchev–Trinajstić information content (AvgIpc) is 3.28. The molecule has 1 fully saturated rings. The molecule has 0 amide bonds. The number of aromatic amines is 1. The summed E-state index contributed by atoms with van der Waals surface area (Å²) in [6.07, 6.45) is 4.98. The van der Waals surface area contributed by atoms with E-state index in [2.05, 4.69) is 4.98 Å². The Hall–Kier alpha value is -2.39. The third kappa shape index (κ3) is 2.67. The van der Waals surface area contributed by atoms with Gasteiger partial charge in [-0.1, -0.05) is 0 Å². The van der Waals surface area contributed by atoms with Crippen molar-refractivity contribution in [2.45, 2.75) is 38.9 Å². The molecule has 0 bridgehead atoms. The Morgan fingerprint density at radius 1 is 1.31 bits per heavy atom. The van der Waals surface area contributed by atoms with Crippen molar-refractivity contribution in [2.75, 3.05) is 13.7 Å². The van der Waals surface area contributed by atoms with Crippen molar-refractivity contribution in [3.05, 3.63) is 54.2 Å². The van der Waals surface area contributed by atoms with Gasteiger partial charge in [0, 0.05) is 30.4 Å². The van der Waals surface area contributed by atoms with Gasteiger partial charge in [-0.3, -0.25) is 18.5 Å². The van der Waals surface area contributed by atoms with E-state index < -0.39 is 0 Å². The normalized spacial score (nSPS) is 14.4. The van der Waals surface area contributed by atoms with Crippen LogP contribution in [0.5, 0.6) is 0 Å². The molecule has 0 atom stereocenters. The van der Waals surface area contributed by atoms with Crippen LogP contribution in [0, 0.1) is 6.92 Å². The maximum atomic E-state index is 13.0. The highest BCUT2D eigenvalue weighted by Gasteiger charge is 2.30. The Kier molecular flexibility index (Phi) is 4.20.